The van der Waals surface area contributed by atoms with E-state index in [1.54, 1.807) is 0 Å². The van der Waals surface area contributed by atoms with Crippen molar-refractivity contribution in [2.24, 2.45) is 23.7 Å². The number of ether oxygens (including phenoxy) is 1. The second kappa shape index (κ2) is 7.48. The van der Waals surface area contributed by atoms with Gasteiger partial charge in [-0.1, -0.05) is 19.8 Å². The summed E-state index contributed by atoms with van der Waals surface area (Å²) in [5, 5.41) is 5.99. The van der Waals surface area contributed by atoms with Gasteiger partial charge in [0.15, 0.2) is 6.61 Å². The maximum atomic E-state index is 12.9. The highest BCUT2D eigenvalue weighted by atomic mass is 16.5. The van der Waals surface area contributed by atoms with E-state index in [2.05, 4.69) is 10.6 Å². The number of carbonyl (C=O) groups is 4. The van der Waals surface area contributed by atoms with E-state index in [0.717, 1.165) is 43.4 Å². The lowest BCUT2D eigenvalue weighted by Gasteiger charge is -2.56. The molecule has 4 amide bonds. The molecule has 2 atom stereocenters. The van der Waals surface area contributed by atoms with Crippen LogP contribution in [0.4, 0.5) is 4.79 Å². The van der Waals surface area contributed by atoms with Gasteiger partial charge in [-0.3, -0.25) is 19.3 Å². The Balaban J connectivity index is 1.13. The minimum atomic E-state index is -0.897. The number of nitrogens with zero attached hydrogens (tertiary/aromatic N) is 1. The van der Waals surface area contributed by atoms with Crippen molar-refractivity contribution in [2.45, 2.75) is 82.2 Å². The Morgan fingerprint density at radius 2 is 1.74 bits per heavy atom. The summed E-state index contributed by atoms with van der Waals surface area (Å²) in [5.74, 6) is 0.800. The zero-order chi connectivity index (χ0) is 21.8. The molecule has 0 unspecified atom stereocenters. The van der Waals surface area contributed by atoms with Crippen LogP contribution < -0.4 is 10.6 Å². The van der Waals surface area contributed by atoms with Crippen molar-refractivity contribution < 1.29 is 23.9 Å². The molecule has 1 spiro atoms. The summed E-state index contributed by atoms with van der Waals surface area (Å²) in [4.78, 5) is 51.2. The molecule has 5 saturated carbocycles. The third kappa shape index (κ3) is 3.61. The van der Waals surface area contributed by atoms with Crippen molar-refractivity contribution >= 4 is 23.8 Å². The molecule has 2 N–H and O–H groups in total. The molecule has 170 valence electrons. The lowest BCUT2D eigenvalue weighted by Crippen LogP contribution is -2.60. The standard InChI is InChI=1S/C23H33N3O5/c1-14-4-2-3-5-23(14)20(29)26(21(30)25-23)12-19(28)31-13-18(27)24-22-9-15-6-16(10-22)8-17(7-15)11-22/h14-17H,2-13H2,1H3,(H,24,27)(H,25,30)/t14-,15?,16?,17?,22?,23+/m1/s1. The topological polar surface area (TPSA) is 105 Å². The number of esters is 1. The molecular weight excluding hydrogens is 398 g/mol. The second-order valence-corrected chi connectivity index (χ2v) is 10.8. The first kappa shape index (κ1) is 20.8. The largest absolute Gasteiger partial charge is 0.454 e. The maximum Gasteiger partial charge on any atom is 0.326 e. The summed E-state index contributed by atoms with van der Waals surface area (Å²) in [7, 11) is 0. The highest BCUT2D eigenvalue weighted by molar-refractivity contribution is 6.09. The fourth-order valence-corrected chi connectivity index (χ4v) is 7.56. The SMILES string of the molecule is C[C@@H]1CCCC[C@]12NC(=O)N(CC(=O)OCC(=O)NC13CC4CC(CC(C4)C1)C3)C2=O. The number of hydrogen-bond donors (Lipinski definition) is 2. The summed E-state index contributed by atoms with van der Waals surface area (Å²) < 4.78 is 5.15. The van der Waals surface area contributed by atoms with E-state index in [9.17, 15) is 19.2 Å². The molecule has 8 heteroatoms. The second-order valence-electron chi connectivity index (χ2n) is 10.8. The van der Waals surface area contributed by atoms with Crippen molar-refractivity contribution in [3.05, 3.63) is 0 Å². The smallest absolute Gasteiger partial charge is 0.326 e. The number of hydrogen-bond acceptors (Lipinski definition) is 5. The molecule has 0 aromatic heterocycles. The fourth-order valence-electron chi connectivity index (χ4n) is 7.56. The van der Waals surface area contributed by atoms with Gasteiger partial charge in [-0.2, -0.15) is 0 Å². The lowest BCUT2D eigenvalue weighted by molar-refractivity contribution is -0.152. The van der Waals surface area contributed by atoms with Gasteiger partial charge in [0.2, 0.25) is 0 Å². The number of carbonyl (C=O) groups excluding carboxylic acids is 4. The average molecular weight is 432 g/mol. The first-order valence-electron chi connectivity index (χ1n) is 11.9. The van der Waals surface area contributed by atoms with Crippen molar-refractivity contribution in [3.8, 4) is 0 Å². The summed E-state index contributed by atoms with van der Waals surface area (Å²) in [5.41, 5.74) is -1.03. The Morgan fingerprint density at radius 1 is 1.10 bits per heavy atom. The van der Waals surface area contributed by atoms with Gasteiger partial charge in [-0.25, -0.2) is 4.79 Å². The molecule has 0 aromatic carbocycles. The van der Waals surface area contributed by atoms with Gasteiger partial charge in [0.05, 0.1) is 0 Å². The third-order valence-electron chi connectivity index (χ3n) is 8.60. The number of amides is 4. The van der Waals surface area contributed by atoms with Crippen LogP contribution in [-0.4, -0.2) is 52.9 Å². The summed E-state index contributed by atoms with van der Waals surface area (Å²) >= 11 is 0. The third-order valence-corrected chi connectivity index (χ3v) is 8.60. The molecule has 0 radical (unpaired) electrons. The molecule has 6 rings (SSSR count). The Bertz CT molecular complexity index is 776. The normalized spacial score (nSPS) is 40.9. The first-order chi connectivity index (χ1) is 14.8. The fraction of sp³-hybridized carbons (Fsp3) is 0.826. The van der Waals surface area contributed by atoms with E-state index in [1.807, 2.05) is 6.92 Å². The minimum Gasteiger partial charge on any atom is -0.454 e. The van der Waals surface area contributed by atoms with Crippen LogP contribution in [0.3, 0.4) is 0 Å². The first-order valence-corrected chi connectivity index (χ1v) is 11.9. The van der Waals surface area contributed by atoms with E-state index in [-0.39, 0.29) is 29.9 Å². The summed E-state index contributed by atoms with van der Waals surface area (Å²) in [6.07, 6.45) is 10.3. The minimum absolute atomic E-state index is 0.0322. The highest BCUT2D eigenvalue weighted by Crippen LogP contribution is 2.55. The van der Waals surface area contributed by atoms with Gasteiger partial charge in [0.25, 0.3) is 11.8 Å². The van der Waals surface area contributed by atoms with Gasteiger partial charge in [-0.15, -0.1) is 0 Å². The van der Waals surface area contributed by atoms with Crippen LogP contribution in [0.2, 0.25) is 0 Å². The monoisotopic (exact) mass is 431 g/mol. The number of rotatable bonds is 5. The molecule has 0 aromatic rings. The van der Waals surface area contributed by atoms with Crippen LogP contribution in [0, 0.1) is 23.7 Å². The van der Waals surface area contributed by atoms with Crippen molar-refractivity contribution in [1.29, 1.82) is 0 Å². The maximum absolute atomic E-state index is 12.9. The molecule has 31 heavy (non-hydrogen) atoms. The zero-order valence-electron chi connectivity index (χ0n) is 18.3. The number of imide groups is 1. The van der Waals surface area contributed by atoms with Crippen molar-refractivity contribution in [1.82, 2.24) is 15.5 Å². The van der Waals surface area contributed by atoms with E-state index in [0.29, 0.717) is 24.2 Å². The van der Waals surface area contributed by atoms with Crippen LogP contribution in [0.15, 0.2) is 0 Å². The number of nitrogens with one attached hydrogen (secondary N) is 2. The molecule has 4 bridgehead atoms. The Labute approximate surface area is 182 Å². The number of urea groups is 1. The lowest BCUT2D eigenvalue weighted by atomic mass is 9.53. The summed E-state index contributed by atoms with van der Waals surface area (Å²) in [6.45, 7) is 1.14. The van der Waals surface area contributed by atoms with Crippen LogP contribution in [-0.2, 0) is 19.1 Å². The molecule has 1 heterocycles. The molecule has 1 saturated heterocycles. The van der Waals surface area contributed by atoms with E-state index in [1.165, 1.54) is 19.3 Å². The van der Waals surface area contributed by atoms with Gasteiger partial charge < -0.3 is 15.4 Å². The predicted octanol–water partition coefficient (Wildman–Crippen LogP) is 2.12. The average Bonchev–Trinajstić information content (AvgIpc) is 2.92. The van der Waals surface area contributed by atoms with Crippen molar-refractivity contribution in [3.63, 3.8) is 0 Å². The van der Waals surface area contributed by atoms with Gasteiger partial charge in [0.1, 0.15) is 12.1 Å². The predicted molar refractivity (Wildman–Crippen MR) is 111 cm³/mol. The van der Waals surface area contributed by atoms with Crippen LogP contribution in [0.5, 0.6) is 0 Å². The Morgan fingerprint density at radius 3 is 2.35 bits per heavy atom. The van der Waals surface area contributed by atoms with Crippen molar-refractivity contribution in [2.75, 3.05) is 13.2 Å². The van der Waals surface area contributed by atoms with E-state index >= 15 is 0 Å². The quantitative estimate of drug-likeness (QED) is 0.512. The summed E-state index contributed by atoms with van der Waals surface area (Å²) in [6, 6.07) is -0.547. The molecule has 6 aliphatic rings. The molecule has 1 aliphatic heterocycles. The Kier molecular flexibility index (Phi) is 5.01. The highest BCUT2D eigenvalue weighted by Gasteiger charge is 2.55. The van der Waals surface area contributed by atoms with Gasteiger partial charge >= 0.3 is 12.0 Å². The van der Waals surface area contributed by atoms with E-state index < -0.39 is 24.1 Å². The Hall–Kier alpha value is -2.12. The molecule has 6 fully saturated rings. The zero-order valence-corrected chi connectivity index (χ0v) is 18.3. The van der Waals surface area contributed by atoms with Crippen LogP contribution in [0.25, 0.3) is 0 Å². The molecule has 5 aliphatic carbocycles. The van der Waals surface area contributed by atoms with Crippen LogP contribution in [0.1, 0.15) is 71.1 Å². The van der Waals surface area contributed by atoms with Gasteiger partial charge in [0, 0.05) is 5.54 Å². The van der Waals surface area contributed by atoms with E-state index in [4.69, 9.17) is 4.74 Å². The van der Waals surface area contributed by atoms with Crippen LogP contribution >= 0.6 is 0 Å². The van der Waals surface area contributed by atoms with Gasteiger partial charge in [-0.05, 0) is 75.0 Å². The molecular formula is C23H33N3O5. The molecule has 8 nitrogen and oxygen atoms in total.